The summed E-state index contributed by atoms with van der Waals surface area (Å²) in [6.45, 7) is 4.43. The van der Waals surface area contributed by atoms with Crippen molar-refractivity contribution in [3.05, 3.63) is 64.7 Å². The van der Waals surface area contributed by atoms with Gasteiger partial charge in [0.25, 0.3) is 5.91 Å². The molecule has 2 aromatic rings. The molecule has 130 valence electrons. The summed E-state index contributed by atoms with van der Waals surface area (Å²) in [7, 11) is 0. The van der Waals surface area contributed by atoms with Gasteiger partial charge in [-0.1, -0.05) is 6.07 Å². The average Bonchev–Trinajstić information content (AvgIpc) is 2.91. The molecule has 1 fully saturated rings. The molecule has 6 heteroatoms. The maximum absolute atomic E-state index is 13.7. The van der Waals surface area contributed by atoms with Gasteiger partial charge in [-0.3, -0.25) is 9.59 Å². The molecule has 1 saturated heterocycles. The number of hydrogen-bond acceptors (Lipinski definition) is 2. The Balaban J connectivity index is 1.73. The summed E-state index contributed by atoms with van der Waals surface area (Å²) in [4.78, 5) is 26.4. The van der Waals surface area contributed by atoms with E-state index < -0.39 is 23.6 Å². The van der Waals surface area contributed by atoms with Gasteiger partial charge in [0.1, 0.15) is 17.7 Å². The Morgan fingerprint density at radius 2 is 1.88 bits per heavy atom. The molecule has 0 aromatic heterocycles. The zero-order valence-corrected chi connectivity index (χ0v) is 14.0. The number of benzene rings is 2. The molecule has 2 amide bonds. The van der Waals surface area contributed by atoms with E-state index >= 15 is 0 Å². The van der Waals surface area contributed by atoms with E-state index in [9.17, 15) is 18.4 Å². The first-order valence-corrected chi connectivity index (χ1v) is 8.01. The van der Waals surface area contributed by atoms with E-state index in [1.807, 2.05) is 32.0 Å². The molecule has 1 aliphatic heterocycles. The predicted molar refractivity (Wildman–Crippen MR) is 90.5 cm³/mol. The summed E-state index contributed by atoms with van der Waals surface area (Å²) in [5.74, 6) is -2.67. The molecule has 1 aliphatic rings. The number of carbonyl (C=O) groups excluding carboxylic acids is 2. The maximum atomic E-state index is 13.7. The highest BCUT2D eigenvalue weighted by molar-refractivity contribution is 6.04. The quantitative estimate of drug-likeness (QED) is 0.930. The Bertz CT molecular complexity index is 851. The van der Waals surface area contributed by atoms with Gasteiger partial charge in [0.15, 0.2) is 0 Å². The van der Waals surface area contributed by atoms with Crippen molar-refractivity contribution in [2.45, 2.75) is 26.3 Å². The third kappa shape index (κ3) is 3.38. The molecule has 2 aromatic carbocycles. The van der Waals surface area contributed by atoms with Crippen LogP contribution in [-0.4, -0.2) is 24.4 Å². The minimum atomic E-state index is -0.950. The number of aryl methyl sites for hydroxylation is 2. The number of hydrogen-bond donors (Lipinski definition) is 1. The van der Waals surface area contributed by atoms with Gasteiger partial charge in [0.05, 0.1) is 5.56 Å². The van der Waals surface area contributed by atoms with Crippen LogP contribution in [0.4, 0.5) is 14.5 Å². The molecule has 1 N–H and O–H groups in total. The molecule has 0 bridgehead atoms. The van der Waals surface area contributed by atoms with Crippen LogP contribution >= 0.6 is 0 Å². The van der Waals surface area contributed by atoms with Gasteiger partial charge < -0.3 is 10.2 Å². The lowest BCUT2D eigenvalue weighted by molar-refractivity contribution is -0.118. The second-order valence-corrected chi connectivity index (χ2v) is 6.20. The van der Waals surface area contributed by atoms with Gasteiger partial charge in [-0.25, -0.2) is 8.78 Å². The standard InChI is InChI=1S/C19H18F2N2O2/c1-11-3-5-14(9-12(11)2)23-8-7-17(19(23)25)22-18(24)15-6-4-13(20)10-16(15)21/h3-6,9-10,17H,7-8H2,1-2H3,(H,22,24). The van der Waals surface area contributed by atoms with Crippen LogP contribution in [-0.2, 0) is 4.79 Å². The number of rotatable bonds is 3. The minimum absolute atomic E-state index is 0.237. The van der Waals surface area contributed by atoms with Crippen molar-refractivity contribution in [3.8, 4) is 0 Å². The number of nitrogens with zero attached hydrogens (tertiary/aromatic N) is 1. The second kappa shape index (κ2) is 6.63. The van der Waals surface area contributed by atoms with Crippen LogP contribution < -0.4 is 10.2 Å². The fraction of sp³-hybridized carbons (Fsp3) is 0.263. The molecule has 25 heavy (non-hydrogen) atoms. The first-order chi connectivity index (χ1) is 11.9. The third-order valence-electron chi connectivity index (χ3n) is 4.49. The monoisotopic (exact) mass is 344 g/mol. The van der Waals surface area contributed by atoms with Gasteiger partial charge in [0.2, 0.25) is 5.91 Å². The van der Waals surface area contributed by atoms with Crippen LogP contribution in [0.5, 0.6) is 0 Å². The summed E-state index contributed by atoms with van der Waals surface area (Å²) in [5.41, 5.74) is 2.70. The van der Waals surface area contributed by atoms with Gasteiger partial charge in [-0.15, -0.1) is 0 Å². The number of amides is 2. The molecule has 1 unspecified atom stereocenters. The first kappa shape index (κ1) is 17.1. The van der Waals surface area contributed by atoms with E-state index in [-0.39, 0.29) is 11.5 Å². The van der Waals surface area contributed by atoms with E-state index in [1.165, 1.54) is 0 Å². The minimum Gasteiger partial charge on any atom is -0.340 e. The van der Waals surface area contributed by atoms with Crippen molar-refractivity contribution in [2.75, 3.05) is 11.4 Å². The molecular weight excluding hydrogens is 326 g/mol. The molecule has 0 aliphatic carbocycles. The summed E-state index contributed by atoms with van der Waals surface area (Å²) >= 11 is 0. The number of anilines is 1. The summed E-state index contributed by atoms with van der Waals surface area (Å²) in [6, 6.07) is 7.74. The highest BCUT2D eigenvalue weighted by Gasteiger charge is 2.34. The van der Waals surface area contributed by atoms with E-state index in [1.54, 1.807) is 4.90 Å². The summed E-state index contributed by atoms with van der Waals surface area (Å²) in [6.07, 6.45) is 0.431. The van der Waals surface area contributed by atoms with Crippen LogP contribution in [0, 0.1) is 25.5 Å². The Morgan fingerprint density at radius 1 is 1.12 bits per heavy atom. The van der Waals surface area contributed by atoms with Crippen LogP contribution in [0.2, 0.25) is 0 Å². The molecular formula is C19H18F2N2O2. The van der Waals surface area contributed by atoms with Crippen molar-refractivity contribution in [2.24, 2.45) is 0 Å². The van der Waals surface area contributed by atoms with Crippen molar-refractivity contribution < 1.29 is 18.4 Å². The SMILES string of the molecule is Cc1ccc(N2CCC(NC(=O)c3ccc(F)cc3F)C2=O)cc1C. The molecule has 0 spiro atoms. The van der Waals surface area contributed by atoms with Crippen LogP contribution in [0.3, 0.4) is 0 Å². The van der Waals surface area contributed by atoms with Gasteiger partial charge in [-0.05, 0) is 55.7 Å². The zero-order chi connectivity index (χ0) is 18.1. The fourth-order valence-corrected chi connectivity index (χ4v) is 2.87. The highest BCUT2D eigenvalue weighted by Crippen LogP contribution is 2.24. The van der Waals surface area contributed by atoms with Crippen molar-refractivity contribution in [1.29, 1.82) is 0 Å². The summed E-state index contributed by atoms with van der Waals surface area (Å²) < 4.78 is 26.6. The largest absolute Gasteiger partial charge is 0.340 e. The normalized spacial score (nSPS) is 17.0. The van der Waals surface area contributed by atoms with Gasteiger partial charge in [-0.2, -0.15) is 0 Å². The lowest BCUT2D eigenvalue weighted by atomic mass is 10.1. The van der Waals surface area contributed by atoms with Crippen molar-refractivity contribution in [3.63, 3.8) is 0 Å². The first-order valence-electron chi connectivity index (χ1n) is 8.01. The average molecular weight is 344 g/mol. The molecule has 0 saturated carbocycles. The molecule has 1 heterocycles. The number of carbonyl (C=O) groups is 2. The Hall–Kier alpha value is -2.76. The van der Waals surface area contributed by atoms with Crippen LogP contribution in [0.1, 0.15) is 27.9 Å². The topological polar surface area (TPSA) is 49.4 Å². The predicted octanol–water partition coefficient (Wildman–Crippen LogP) is 3.12. The number of nitrogens with one attached hydrogen (secondary N) is 1. The molecule has 0 radical (unpaired) electrons. The van der Waals surface area contributed by atoms with E-state index in [4.69, 9.17) is 0 Å². The lowest BCUT2D eigenvalue weighted by Crippen LogP contribution is -2.41. The highest BCUT2D eigenvalue weighted by atomic mass is 19.1. The fourth-order valence-electron chi connectivity index (χ4n) is 2.87. The Labute approximate surface area is 144 Å². The second-order valence-electron chi connectivity index (χ2n) is 6.20. The maximum Gasteiger partial charge on any atom is 0.254 e. The Kier molecular flexibility index (Phi) is 4.53. The number of halogens is 2. The molecule has 4 nitrogen and oxygen atoms in total. The van der Waals surface area contributed by atoms with Gasteiger partial charge >= 0.3 is 0 Å². The smallest absolute Gasteiger partial charge is 0.254 e. The molecule has 3 rings (SSSR count). The Morgan fingerprint density at radius 3 is 2.56 bits per heavy atom. The van der Waals surface area contributed by atoms with Crippen molar-refractivity contribution >= 4 is 17.5 Å². The van der Waals surface area contributed by atoms with E-state index in [0.717, 1.165) is 28.9 Å². The van der Waals surface area contributed by atoms with Crippen molar-refractivity contribution in [1.82, 2.24) is 5.32 Å². The lowest BCUT2D eigenvalue weighted by Gasteiger charge is -2.18. The van der Waals surface area contributed by atoms with Crippen LogP contribution in [0.25, 0.3) is 0 Å². The van der Waals surface area contributed by atoms with Gasteiger partial charge in [0, 0.05) is 18.3 Å². The molecule has 1 atom stereocenters. The summed E-state index contributed by atoms with van der Waals surface area (Å²) in [5, 5.41) is 2.54. The van der Waals surface area contributed by atoms with E-state index in [0.29, 0.717) is 19.0 Å². The third-order valence-corrected chi connectivity index (χ3v) is 4.49. The van der Waals surface area contributed by atoms with E-state index in [2.05, 4.69) is 5.32 Å². The van der Waals surface area contributed by atoms with Crippen LogP contribution in [0.15, 0.2) is 36.4 Å². The zero-order valence-electron chi connectivity index (χ0n) is 14.0.